The second-order valence-electron chi connectivity index (χ2n) is 5.91. The van der Waals surface area contributed by atoms with E-state index in [4.69, 9.17) is 9.31 Å². The molecule has 2 fully saturated rings. The van der Waals surface area contributed by atoms with Gasteiger partial charge in [-0.25, -0.2) is 0 Å². The monoisotopic (exact) mass is 253 g/mol. The van der Waals surface area contributed by atoms with Crippen molar-refractivity contribution < 1.29 is 18.9 Å². The van der Waals surface area contributed by atoms with Gasteiger partial charge >= 0.3 is 7.12 Å². The summed E-state index contributed by atoms with van der Waals surface area (Å²) in [5.74, 6) is -0.173. The van der Waals surface area contributed by atoms with E-state index in [1.54, 1.807) is 0 Å². The average Bonchev–Trinajstić information content (AvgIpc) is 2.63. The summed E-state index contributed by atoms with van der Waals surface area (Å²) in [6.07, 6.45) is 1.20. The van der Waals surface area contributed by atoms with Gasteiger partial charge in [-0.15, -0.1) is 0 Å². The molecule has 0 radical (unpaired) electrons. The Morgan fingerprint density at radius 2 is 1.50 bits per heavy atom. The fraction of sp³-hybridized carbons (Fsp3) is 0.833. The molecule has 2 rings (SSSR count). The zero-order valence-corrected chi connectivity index (χ0v) is 11.5. The summed E-state index contributed by atoms with van der Waals surface area (Å²) in [7, 11) is -0.351. The normalized spacial score (nSPS) is 26.2. The first-order chi connectivity index (χ1) is 8.23. The van der Waals surface area contributed by atoms with Crippen molar-refractivity contribution in [3.05, 3.63) is 0 Å². The standard InChI is InChI=1S/C12H20BNO4/c1-11(2)12(3,4)18-13(17-11)7-8-14-9(15)5-6-10(14)16/h5-8H2,1-4H3. The molecule has 0 bridgehead atoms. The van der Waals surface area contributed by atoms with Crippen molar-refractivity contribution >= 4 is 18.9 Å². The first-order valence-corrected chi connectivity index (χ1v) is 6.42. The SMILES string of the molecule is CC1(C)OB(CCN2C(=O)CCC2=O)OC1(C)C. The number of imide groups is 1. The summed E-state index contributed by atoms with van der Waals surface area (Å²) in [5.41, 5.74) is -0.729. The number of carbonyl (C=O) groups excluding carboxylic acids is 2. The van der Waals surface area contributed by atoms with E-state index in [-0.39, 0.29) is 30.1 Å². The van der Waals surface area contributed by atoms with Crippen molar-refractivity contribution in [2.45, 2.75) is 58.1 Å². The molecule has 100 valence electrons. The van der Waals surface area contributed by atoms with E-state index < -0.39 is 0 Å². The Kier molecular flexibility index (Phi) is 3.27. The zero-order chi connectivity index (χ0) is 13.6. The highest BCUT2D eigenvalue weighted by atomic mass is 16.7. The smallest absolute Gasteiger partial charge is 0.403 e. The van der Waals surface area contributed by atoms with Crippen molar-refractivity contribution in [1.29, 1.82) is 0 Å². The minimum atomic E-state index is -0.364. The third-order valence-electron chi connectivity index (χ3n) is 4.05. The van der Waals surface area contributed by atoms with Crippen LogP contribution in [0.3, 0.4) is 0 Å². The Labute approximate surface area is 108 Å². The van der Waals surface area contributed by atoms with E-state index in [0.717, 1.165) is 0 Å². The lowest BCUT2D eigenvalue weighted by atomic mass is 9.85. The van der Waals surface area contributed by atoms with E-state index in [0.29, 0.717) is 25.7 Å². The molecule has 0 aromatic rings. The highest BCUT2D eigenvalue weighted by Crippen LogP contribution is 2.37. The number of rotatable bonds is 3. The van der Waals surface area contributed by atoms with Crippen LogP contribution in [0.5, 0.6) is 0 Å². The Morgan fingerprint density at radius 1 is 1.06 bits per heavy atom. The van der Waals surface area contributed by atoms with Crippen LogP contribution in [0.15, 0.2) is 0 Å². The van der Waals surface area contributed by atoms with Crippen LogP contribution >= 0.6 is 0 Å². The Morgan fingerprint density at radius 3 is 1.94 bits per heavy atom. The van der Waals surface area contributed by atoms with E-state index in [1.165, 1.54) is 4.90 Å². The fourth-order valence-electron chi connectivity index (χ4n) is 2.19. The molecule has 0 aromatic heterocycles. The first-order valence-electron chi connectivity index (χ1n) is 6.42. The van der Waals surface area contributed by atoms with Crippen molar-refractivity contribution in [3.63, 3.8) is 0 Å². The second-order valence-corrected chi connectivity index (χ2v) is 5.91. The molecule has 0 unspecified atom stereocenters. The zero-order valence-electron chi connectivity index (χ0n) is 11.5. The lowest BCUT2D eigenvalue weighted by molar-refractivity contribution is -0.138. The van der Waals surface area contributed by atoms with Gasteiger partial charge in [0.15, 0.2) is 0 Å². The largest absolute Gasteiger partial charge is 0.459 e. The highest BCUT2D eigenvalue weighted by molar-refractivity contribution is 6.45. The molecule has 18 heavy (non-hydrogen) atoms. The van der Waals surface area contributed by atoms with Gasteiger partial charge in [0.1, 0.15) is 0 Å². The maximum absolute atomic E-state index is 11.5. The van der Waals surface area contributed by atoms with Gasteiger partial charge in [-0.2, -0.15) is 0 Å². The molecular formula is C12H20BNO4. The summed E-state index contributed by atoms with van der Waals surface area (Å²) in [6.45, 7) is 8.32. The van der Waals surface area contributed by atoms with Crippen LogP contribution < -0.4 is 0 Å². The predicted molar refractivity (Wildman–Crippen MR) is 66.8 cm³/mol. The van der Waals surface area contributed by atoms with Gasteiger partial charge < -0.3 is 9.31 Å². The Balaban J connectivity index is 1.89. The summed E-state index contributed by atoms with van der Waals surface area (Å²) in [5, 5.41) is 0. The molecule has 0 N–H and O–H groups in total. The number of nitrogens with zero attached hydrogens (tertiary/aromatic N) is 1. The van der Waals surface area contributed by atoms with Gasteiger partial charge in [0, 0.05) is 25.7 Å². The second kappa shape index (κ2) is 4.35. The van der Waals surface area contributed by atoms with Gasteiger partial charge in [0.2, 0.25) is 11.8 Å². The molecule has 0 aliphatic carbocycles. The maximum atomic E-state index is 11.5. The van der Waals surface area contributed by atoms with Crippen molar-refractivity contribution in [2.75, 3.05) is 6.54 Å². The van der Waals surface area contributed by atoms with Crippen LogP contribution in [0.2, 0.25) is 6.32 Å². The van der Waals surface area contributed by atoms with Gasteiger partial charge in [0.25, 0.3) is 0 Å². The van der Waals surface area contributed by atoms with Gasteiger partial charge in [-0.3, -0.25) is 14.5 Å². The van der Waals surface area contributed by atoms with E-state index in [2.05, 4.69) is 0 Å². The Hall–Kier alpha value is -0.875. The van der Waals surface area contributed by atoms with Gasteiger partial charge in [-0.05, 0) is 27.7 Å². The molecule has 2 aliphatic heterocycles. The molecule has 2 saturated heterocycles. The minimum absolute atomic E-state index is 0.0866. The van der Waals surface area contributed by atoms with Gasteiger partial charge in [0.05, 0.1) is 11.2 Å². The summed E-state index contributed by atoms with van der Waals surface area (Å²) < 4.78 is 11.6. The Bertz CT molecular complexity index is 348. The maximum Gasteiger partial charge on any atom is 0.459 e. The van der Waals surface area contributed by atoms with Crippen LogP contribution in [0.4, 0.5) is 0 Å². The van der Waals surface area contributed by atoms with E-state index in [1.807, 2.05) is 27.7 Å². The van der Waals surface area contributed by atoms with Crippen LogP contribution in [0.25, 0.3) is 0 Å². The molecule has 5 nitrogen and oxygen atoms in total. The number of hydrogen-bond donors (Lipinski definition) is 0. The number of likely N-dealkylation sites (tertiary alicyclic amines) is 1. The minimum Gasteiger partial charge on any atom is -0.403 e. The molecule has 0 atom stereocenters. The quantitative estimate of drug-likeness (QED) is 0.560. The van der Waals surface area contributed by atoms with Gasteiger partial charge in [-0.1, -0.05) is 0 Å². The molecular weight excluding hydrogens is 233 g/mol. The molecule has 6 heteroatoms. The predicted octanol–water partition coefficient (Wildman–Crippen LogP) is 1.23. The van der Waals surface area contributed by atoms with Crippen molar-refractivity contribution in [2.24, 2.45) is 0 Å². The molecule has 2 heterocycles. The summed E-state index contributed by atoms with van der Waals surface area (Å²) in [4.78, 5) is 24.2. The fourth-order valence-corrected chi connectivity index (χ4v) is 2.19. The lowest BCUT2D eigenvalue weighted by Gasteiger charge is -2.32. The molecule has 0 saturated carbocycles. The first kappa shape index (κ1) is 13.6. The van der Waals surface area contributed by atoms with Crippen LogP contribution in [0.1, 0.15) is 40.5 Å². The molecule has 2 aliphatic rings. The van der Waals surface area contributed by atoms with Crippen LogP contribution in [-0.4, -0.2) is 41.6 Å². The molecule has 2 amide bonds. The number of hydrogen-bond acceptors (Lipinski definition) is 4. The van der Waals surface area contributed by atoms with Crippen LogP contribution in [-0.2, 0) is 18.9 Å². The third kappa shape index (κ3) is 2.31. The summed E-state index contributed by atoms with van der Waals surface area (Å²) in [6, 6.07) is 0. The van der Waals surface area contributed by atoms with Crippen molar-refractivity contribution in [1.82, 2.24) is 4.90 Å². The molecule has 0 spiro atoms. The highest BCUT2D eigenvalue weighted by Gasteiger charge is 2.51. The number of amides is 2. The number of carbonyl (C=O) groups is 2. The average molecular weight is 253 g/mol. The van der Waals surface area contributed by atoms with E-state index >= 15 is 0 Å². The lowest BCUT2D eigenvalue weighted by Crippen LogP contribution is -2.41. The van der Waals surface area contributed by atoms with E-state index in [9.17, 15) is 9.59 Å². The summed E-state index contributed by atoms with van der Waals surface area (Å²) >= 11 is 0. The van der Waals surface area contributed by atoms with Crippen molar-refractivity contribution in [3.8, 4) is 0 Å². The third-order valence-corrected chi connectivity index (χ3v) is 4.05. The topological polar surface area (TPSA) is 55.8 Å². The van der Waals surface area contributed by atoms with Crippen LogP contribution in [0, 0.1) is 0 Å². The molecule has 0 aromatic carbocycles.